The number of fused-ring (bicyclic) bond motifs is 2. The van der Waals surface area contributed by atoms with Crippen LogP contribution >= 0.6 is 0 Å². The van der Waals surface area contributed by atoms with E-state index in [1.807, 2.05) is 65.6 Å². The summed E-state index contributed by atoms with van der Waals surface area (Å²) >= 11 is 0. The van der Waals surface area contributed by atoms with Crippen LogP contribution in [0.4, 0.5) is 5.69 Å². The number of ether oxygens (including phenoxy) is 4. The minimum absolute atomic E-state index is 0.0427. The van der Waals surface area contributed by atoms with Crippen molar-refractivity contribution in [2.24, 2.45) is 0 Å². The second kappa shape index (κ2) is 8.94. The minimum atomic E-state index is -0.382. The normalized spacial score (nSPS) is 16.2. The first-order valence-corrected chi connectivity index (χ1v) is 11.0. The number of nitrogens with zero attached hydrogens (tertiary/aromatic N) is 1. The fourth-order valence-electron chi connectivity index (χ4n) is 4.14. The summed E-state index contributed by atoms with van der Waals surface area (Å²) in [5, 5.41) is 3.54. The van der Waals surface area contributed by atoms with Crippen LogP contribution in [0.15, 0.2) is 60.7 Å². The minimum Gasteiger partial charge on any atom is -0.493 e. The third kappa shape index (κ3) is 4.02. The lowest BCUT2D eigenvalue weighted by Gasteiger charge is -2.38. The molecule has 1 atom stereocenters. The van der Waals surface area contributed by atoms with E-state index in [2.05, 4.69) is 12.2 Å². The van der Waals surface area contributed by atoms with Crippen LogP contribution in [0.25, 0.3) is 0 Å². The molecule has 2 heterocycles. The number of nitrogens with one attached hydrogen (secondary N) is 1. The zero-order valence-corrected chi connectivity index (χ0v) is 18.7. The summed E-state index contributed by atoms with van der Waals surface area (Å²) in [6.45, 7) is 3.26. The van der Waals surface area contributed by atoms with Crippen molar-refractivity contribution in [3.05, 3.63) is 77.4 Å². The SMILES string of the molecule is CCCOc1cc(C2Nc3ccccc3C(=O)N2Cc2ccc3c(c2)OCO3)ccc1OC. The van der Waals surface area contributed by atoms with E-state index in [-0.39, 0.29) is 18.9 Å². The number of para-hydroxylation sites is 1. The maximum Gasteiger partial charge on any atom is 0.258 e. The predicted octanol–water partition coefficient (Wildman–Crippen LogP) is 4.98. The van der Waals surface area contributed by atoms with E-state index in [1.54, 1.807) is 7.11 Å². The Morgan fingerprint density at radius 2 is 1.88 bits per heavy atom. The molecule has 0 aliphatic carbocycles. The van der Waals surface area contributed by atoms with Gasteiger partial charge in [0.05, 0.1) is 19.3 Å². The number of carbonyl (C=O) groups is 1. The van der Waals surface area contributed by atoms with Crippen molar-refractivity contribution in [3.8, 4) is 23.0 Å². The van der Waals surface area contributed by atoms with Crippen LogP contribution in [0.1, 0.15) is 41.0 Å². The van der Waals surface area contributed by atoms with Gasteiger partial charge in [-0.15, -0.1) is 0 Å². The van der Waals surface area contributed by atoms with Gasteiger partial charge in [0, 0.05) is 12.2 Å². The van der Waals surface area contributed by atoms with Crippen molar-refractivity contribution in [2.45, 2.75) is 26.1 Å². The number of benzene rings is 3. The number of hydrogen-bond donors (Lipinski definition) is 1. The second-order valence-corrected chi connectivity index (χ2v) is 7.97. The molecule has 7 heteroatoms. The van der Waals surface area contributed by atoms with Gasteiger partial charge in [-0.25, -0.2) is 0 Å². The van der Waals surface area contributed by atoms with E-state index in [0.717, 1.165) is 29.0 Å². The Balaban J connectivity index is 1.53. The number of carbonyl (C=O) groups excluding carboxylic acids is 1. The smallest absolute Gasteiger partial charge is 0.258 e. The van der Waals surface area contributed by atoms with Crippen molar-refractivity contribution in [1.82, 2.24) is 4.90 Å². The molecule has 1 amide bonds. The molecule has 2 aliphatic heterocycles. The average molecular weight is 447 g/mol. The molecule has 0 saturated heterocycles. The van der Waals surface area contributed by atoms with Crippen molar-refractivity contribution in [3.63, 3.8) is 0 Å². The molecule has 7 nitrogen and oxygen atoms in total. The molecule has 0 saturated carbocycles. The lowest BCUT2D eigenvalue weighted by molar-refractivity contribution is 0.0666. The Kier molecular flexibility index (Phi) is 5.69. The van der Waals surface area contributed by atoms with Gasteiger partial charge in [0.15, 0.2) is 23.0 Å². The molecule has 1 unspecified atom stereocenters. The molecular weight excluding hydrogens is 420 g/mol. The van der Waals surface area contributed by atoms with Crippen molar-refractivity contribution < 1.29 is 23.7 Å². The van der Waals surface area contributed by atoms with E-state index < -0.39 is 0 Å². The summed E-state index contributed by atoms with van der Waals surface area (Å²) in [5.41, 5.74) is 3.31. The molecule has 0 radical (unpaired) electrons. The number of anilines is 1. The van der Waals surface area contributed by atoms with Crippen molar-refractivity contribution >= 4 is 11.6 Å². The zero-order chi connectivity index (χ0) is 22.8. The Morgan fingerprint density at radius 3 is 2.73 bits per heavy atom. The second-order valence-electron chi connectivity index (χ2n) is 7.97. The van der Waals surface area contributed by atoms with Gasteiger partial charge < -0.3 is 29.2 Å². The highest BCUT2D eigenvalue weighted by Gasteiger charge is 2.33. The molecular formula is C26H26N2O5. The summed E-state index contributed by atoms with van der Waals surface area (Å²) in [7, 11) is 1.62. The third-order valence-corrected chi connectivity index (χ3v) is 5.78. The van der Waals surface area contributed by atoms with Gasteiger partial charge in [-0.05, 0) is 53.9 Å². The van der Waals surface area contributed by atoms with Crippen LogP contribution in [0.5, 0.6) is 23.0 Å². The number of amides is 1. The van der Waals surface area contributed by atoms with Gasteiger partial charge in [0.2, 0.25) is 6.79 Å². The van der Waals surface area contributed by atoms with Gasteiger partial charge in [0.1, 0.15) is 6.17 Å². The lowest BCUT2D eigenvalue weighted by Crippen LogP contribution is -2.42. The van der Waals surface area contributed by atoms with Crippen LogP contribution in [0.2, 0.25) is 0 Å². The average Bonchev–Trinajstić information content (AvgIpc) is 3.32. The first-order valence-electron chi connectivity index (χ1n) is 11.0. The fraction of sp³-hybridized carbons (Fsp3) is 0.269. The van der Waals surface area contributed by atoms with Crippen LogP contribution in [0, 0.1) is 0 Å². The lowest BCUT2D eigenvalue weighted by atomic mass is 10.0. The van der Waals surface area contributed by atoms with Gasteiger partial charge in [-0.3, -0.25) is 4.79 Å². The number of methoxy groups -OCH3 is 1. The first-order chi connectivity index (χ1) is 16.2. The summed E-state index contributed by atoms with van der Waals surface area (Å²) < 4.78 is 22.4. The maximum absolute atomic E-state index is 13.6. The Morgan fingerprint density at radius 1 is 1.03 bits per heavy atom. The van der Waals surface area contributed by atoms with Crippen LogP contribution in [0.3, 0.4) is 0 Å². The predicted molar refractivity (Wildman–Crippen MR) is 124 cm³/mol. The maximum atomic E-state index is 13.6. The van der Waals surface area contributed by atoms with E-state index in [1.165, 1.54) is 0 Å². The highest BCUT2D eigenvalue weighted by Crippen LogP contribution is 2.39. The van der Waals surface area contributed by atoms with Crippen molar-refractivity contribution in [1.29, 1.82) is 0 Å². The largest absolute Gasteiger partial charge is 0.493 e. The molecule has 1 N–H and O–H groups in total. The molecule has 0 spiro atoms. The van der Waals surface area contributed by atoms with Gasteiger partial charge >= 0.3 is 0 Å². The molecule has 0 fully saturated rings. The molecule has 0 aromatic heterocycles. The summed E-state index contributed by atoms with van der Waals surface area (Å²) in [6, 6.07) is 19.1. The molecule has 33 heavy (non-hydrogen) atoms. The van der Waals surface area contributed by atoms with Gasteiger partial charge in [-0.1, -0.05) is 31.2 Å². The zero-order valence-electron chi connectivity index (χ0n) is 18.7. The highest BCUT2D eigenvalue weighted by atomic mass is 16.7. The standard InChI is InChI=1S/C26H26N2O5/c1-3-12-31-24-14-18(9-11-21(24)30-2)25-27-20-7-5-4-6-19(20)26(29)28(25)15-17-8-10-22-23(13-17)33-16-32-22/h4-11,13-14,25,27H,3,12,15-16H2,1-2H3. The Labute approximate surface area is 192 Å². The summed E-state index contributed by atoms with van der Waals surface area (Å²) in [5.74, 6) is 2.70. The molecule has 170 valence electrons. The number of hydrogen-bond acceptors (Lipinski definition) is 6. The van der Waals surface area contributed by atoms with E-state index in [9.17, 15) is 4.79 Å². The van der Waals surface area contributed by atoms with Crippen LogP contribution in [-0.2, 0) is 6.54 Å². The van der Waals surface area contributed by atoms with Gasteiger partial charge in [0.25, 0.3) is 5.91 Å². The number of rotatable bonds is 7. The topological polar surface area (TPSA) is 69.3 Å². The summed E-state index contributed by atoms with van der Waals surface area (Å²) in [6.07, 6.45) is 0.504. The fourth-order valence-corrected chi connectivity index (χ4v) is 4.14. The Hall–Kier alpha value is -3.87. The quantitative estimate of drug-likeness (QED) is 0.552. The summed E-state index contributed by atoms with van der Waals surface area (Å²) in [4.78, 5) is 15.4. The molecule has 3 aromatic carbocycles. The Bertz CT molecular complexity index is 1180. The van der Waals surface area contributed by atoms with Crippen molar-refractivity contribution in [2.75, 3.05) is 25.8 Å². The van der Waals surface area contributed by atoms with E-state index in [0.29, 0.717) is 36.0 Å². The van der Waals surface area contributed by atoms with E-state index >= 15 is 0 Å². The highest BCUT2D eigenvalue weighted by molar-refractivity contribution is 6.01. The molecule has 3 aromatic rings. The molecule has 5 rings (SSSR count). The molecule has 0 bridgehead atoms. The molecule has 2 aliphatic rings. The first kappa shape index (κ1) is 21.0. The van der Waals surface area contributed by atoms with Crippen LogP contribution < -0.4 is 24.3 Å². The van der Waals surface area contributed by atoms with E-state index in [4.69, 9.17) is 18.9 Å². The third-order valence-electron chi connectivity index (χ3n) is 5.78. The van der Waals surface area contributed by atoms with Gasteiger partial charge in [-0.2, -0.15) is 0 Å². The monoisotopic (exact) mass is 446 g/mol. The van der Waals surface area contributed by atoms with Crippen LogP contribution in [-0.4, -0.2) is 31.3 Å².